The highest BCUT2D eigenvalue weighted by Crippen LogP contribution is 2.28. The van der Waals surface area contributed by atoms with Crippen LogP contribution in [0.5, 0.6) is 5.75 Å². The van der Waals surface area contributed by atoms with E-state index >= 15 is 0 Å². The molecular formula is C13H16N2O6. The molecule has 0 spiro atoms. The first-order valence-corrected chi connectivity index (χ1v) is 6.33. The molecule has 0 bridgehead atoms. The summed E-state index contributed by atoms with van der Waals surface area (Å²) in [5.74, 6) is -1.70. The number of nitrogens with zero attached hydrogens (tertiary/aromatic N) is 2. The van der Waals surface area contributed by atoms with Crippen LogP contribution in [0.3, 0.4) is 0 Å². The highest BCUT2D eigenvalue weighted by molar-refractivity contribution is 5.89. The number of benzene rings is 1. The van der Waals surface area contributed by atoms with Gasteiger partial charge in [0.05, 0.1) is 10.5 Å². The first-order valence-electron chi connectivity index (χ1n) is 6.33. The van der Waals surface area contributed by atoms with Gasteiger partial charge in [-0.25, -0.2) is 4.79 Å². The number of carbonyl (C=O) groups excluding carboxylic acids is 1. The summed E-state index contributed by atoms with van der Waals surface area (Å²) in [4.78, 5) is 34.3. The zero-order valence-electron chi connectivity index (χ0n) is 11.7. The number of aromatic carboxylic acids is 1. The molecule has 0 atom stereocenters. The maximum Gasteiger partial charge on any atom is 0.335 e. The van der Waals surface area contributed by atoms with Gasteiger partial charge in [0, 0.05) is 19.2 Å². The lowest BCUT2D eigenvalue weighted by atomic mass is 10.2. The van der Waals surface area contributed by atoms with E-state index in [-0.39, 0.29) is 23.8 Å². The van der Waals surface area contributed by atoms with Crippen molar-refractivity contribution in [1.82, 2.24) is 4.90 Å². The number of ether oxygens (including phenoxy) is 1. The molecule has 1 N–H and O–H groups in total. The third-order valence-corrected chi connectivity index (χ3v) is 2.87. The zero-order valence-corrected chi connectivity index (χ0v) is 11.7. The second-order valence-corrected chi connectivity index (χ2v) is 4.10. The molecule has 1 amide bonds. The molecule has 114 valence electrons. The Kier molecular flexibility index (Phi) is 5.65. The van der Waals surface area contributed by atoms with Crippen molar-refractivity contribution in [2.45, 2.75) is 13.8 Å². The number of likely N-dealkylation sites (N-methyl/N-ethyl adjacent to an activating group) is 1. The van der Waals surface area contributed by atoms with Crippen LogP contribution in [-0.2, 0) is 4.79 Å². The van der Waals surface area contributed by atoms with E-state index in [0.29, 0.717) is 13.1 Å². The van der Waals surface area contributed by atoms with Crippen molar-refractivity contribution >= 4 is 17.6 Å². The molecule has 0 radical (unpaired) electrons. The van der Waals surface area contributed by atoms with E-state index in [1.807, 2.05) is 13.8 Å². The smallest absolute Gasteiger partial charge is 0.335 e. The van der Waals surface area contributed by atoms with Crippen LogP contribution in [0.1, 0.15) is 24.2 Å². The van der Waals surface area contributed by atoms with Gasteiger partial charge in [-0.1, -0.05) is 0 Å². The fourth-order valence-corrected chi connectivity index (χ4v) is 1.72. The van der Waals surface area contributed by atoms with Crippen molar-refractivity contribution in [1.29, 1.82) is 0 Å². The van der Waals surface area contributed by atoms with Crippen LogP contribution < -0.4 is 4.74 Å². The summed E-state index contributed by atoms with van der Waals surface area (Å²) in [7, 11) is 0. The van der Waals surface area contributed by atoms with E-state index in [9.17, 15) is 19.7 Å². The van der Waals surface area contributed by atoms with Crippen LogP contribution in [0.2, 0.25) is 0 Å². The molecule has 0 heterocycles. The minimum atomic E-state index is -1.27. The maximum atomic E-state index is 11.8. The number of nitro groups is 1. The molecule has 1 aromatic carbocycles. The van der Waals surface area contributed by atoms with Gasteiger partial charge in [0.25, 0.3) is 5.91 Å². The molecule has 1 aromatic rings. The van der Waals surface area contributed by atoms with Crippen molar-refractivity contribution < 1.29 is 24.4 Å². The number of carboxylic acids is 1. The van der Waals surface area contributed by atoms with Crippen molar-refractivity contribution in [3.8, 4) is 5.75 Å². The molecule has 0 saturated carbocycles. The molecule has 0 aromatic heterocycles. The number of carbonyl (C=O) groups is 2. The molecule has 0 aliphatic carbocycles. The minimum absolute atomic E-state index is 0.134. The van der Waals surface area contributed by atoms with Gasteiger partial charge in [0.15, 0.2) is 12.4 Å². The van der Waals surface area contributed by atoms with Gasteiger partial charge >= 0.3 is 11.7 Å². The van der Waals surface area contributed by atoms with Gasteiger partial charge < -0.3 is 14.7 Å². The third-order valence-electron chi connectivity index (χ3n) is 2.87. The Labute approximate surface area is 121 Å². The summed E-state index contributed by atoms with van der Waals surface area (Å²) >= 11 is 0. The summed E-state index contributed by atoms with van der Waals surface area (Å²) in [6, 6.07) is 3.27. The van der Waals surface area contributed by atoms with Crippen LogP contribution in [0.15, 0.2) is 18.2 Å². The largest absolute Gasteiger partial charge is 0.478 e. The van der Waals surface area contributed by atoms with Crippen molar-refractivity contribution in [2.75, 3.05) is 19.7 Å². The molecular weight excluding hydrogens is 280 g/mol. The number of carboxylic acid groups (broad SMARTS) is 1. The van der Waals surface area contributed by atoms with Crippen LogP contribution in [0, 0.1) is 10.1 Å². The molecule has 1 rings (SSSR count). The number of amides is 1. The second kappa shape index (κ2) is 7.22. The lowest BCUT2D eigenvalue weighted by Gasteiger charge is -2.18. The van der Waals surface area contributed by atoms with Crippen LogP contribution in [-0.4, -0.2) is 46.5 Å². The van der Waals surface area contributed by atoms with Crippen LogP contribution in [0.25, 0.3) is 0 Å². The normalized spacial score (nSPS) is 10.0. The molecule has 0 fully saturated rings. The van der Waals surface area contributed by atoms with Gasteiger partial charge in [-0.2, -0.15) is 0 Å². The van der Waals surface area contributed by atoms with Crippen LogP contribution in [0.4, 0.5) is 5.69 Å². The third kappa shape index (κ3) is 4.16. The fraction of sp³-hybridized carbons (Fsp3) is 0.385. The summed E-state index contributed by atoms with van der Waals surface area (Å²) in [6.45, 7) is 4.31. The highest BCUT2D eigenvalue weighted by atomic mass is 16.6. The fourth-order valence-electron chi connectivity index (χ4n) is 1.72. The summed E-state index contributed by atoms with van der Waals surface area (Å²) in [6.07, 6.45) is 0. The van der Waals surface area contributed by atoms with Crippen molar-refractivity contribution in [3.63, 3.8) is 0 Å². The zero-order chi connectivity index (χ0) is 16.0. The predicted molar refractivity (Wildman–Crippen MR) is 73.5 cm³/mol. The Balaban J connectivity index is 2.91. The molecule has 0 saturated heterocycles. The van der Waals surface area contributed by atoms with E-state index < -0.39 is 16.6 Å². The maximum absolute atomic E-state index is 11.8. The van der Waals surface area contributed by atoms with Gasteiger partial charge in [-0.05, 0) is 26.0 Å². The Morgan fingerprint density at radius 3 is 2.43 bits per heavy atom. The molecule has 8 heteroatoms. The number of hydrogen-bond acceptors (Lipinski definition) is 5. The number of hydrogen-bond donors (Lipinski definition) is 1. The average Bonchev–Trinajstić information content (AvgIpc) is 2.45. The van der Waals surface area contributed by atoms with Crippen molar-refractivity contribution in [2.24, 2.45) is 0 Å². The Bertz CT molecular complexity index is 554. The Hall–Kier alpha value is -2.64. The summed E-state index contributed by atoms with van der Waals surface area (Å²) in [5, 5.41) is 19.7. The summed E-state index contributed by atoms with van der Waals surface area (Å²) < 4.78 is 5.15. The Morgan fingerprint density at radius 2 is 1.95 bits per heavy atom. The van der Waals surface area contributed by atoms with E-state index in [1.165, 1.54) is 17.0 Å². The van der Waals surface area contributed by atoms with E-state index in [1.54, 1.807) is 0 Å². The van der Waals surface area contributed by atoms with Crippen molar-refractivity contribution in [3.05, 3.63) is 33.9 Å². The quantitative estimate of drug-likeness (QED) is 0.603. The second-order valence-electron chi connectivity index (χ2n) is 4.10. The average molecular weight is 296 g/mol. The first-order chi connectivity index (χ1) is 9.90. The van der Waals surface area contributed by atoms with Gasteiger partial charge in [-0.3, -0.25) is 14.9 Å². The molecule has 0 aliphatic heterocycles. The van der Waals surface area contributed by atoms with E-state index in [4.69, 9.17) is 9.84 Å². The molecule has 0 unspecified atom stereocenters. The van der Waals surface area contributed by atoms with Gasteiger partial charge in [-0.15, -0.1) is 0 Å². The van der Waals surface area contributed by atoms with Gasteiger partial charge in [0.1, 0.15) is 0 Å². The molecule has 8 nitrogen and oxygen atoms in total. The SMILES string of the molecule is CCN(CC)C(=O)COc1ccc(C(=O)O)cc1[N+](=O)[O-]. The van der Waals surface area contributed by atoms with Crippen LogP contribution >= 0.6 is 0 Å². The van der Waals surface area contributed by atoms with Gasteiger partial charge in [0.2, 0.25) is 0 Å². The van der Waals surface area contributed by atoms with E-state index in [0.717, 1.165) is 6.07 Å². The lowest BCUT2D eigenvalue weighted by Crippen LogP contribution is -2.34. The standard InChI is InChI=1S/C13H16N2O6/c1-3-14(4-2)12(16)8-21-11-6-5-9(13(17)18)7-10(11)15(19)20/h5-7H,3-4,8H2,1-2H3,(H,17,18). The van der Waals surface area contributed by atoms with E-state index in [2.05, 4.69) is 0 Å². The number of nitro benzene ring substituents is 1. The Morgan fingerprint density at radius 1 is 1.33 bits per heavy atom. The molecule has 0 aliphatic rings. The molecule has 21 heavy (non-hydrogen) atoms. The highest BCUT2D eigenvalue weighted by Gasteiger charge is 2.20. The number of rotatable bonds is 7. The monoisotopic (exact) mass is 296 g/mol. The first kappa shape index (κ1) is 16.4. The topological polar surface area (TPSA) is 110 Å². The minimum Gasteiger partial charge on any atom is -0.478 e. The summed E-state index contributed by atoms with van der Waals surface area (Å²) in [5.41, 5.74) is -0.702. The predicted octanol–water partition coefficient (Wildman–Crippen LogP) is 1.54. The lowest BCUT2D eigenvalue weighted by molar-refractivity contribution is -0.385.